The largest absolute Gasteiger partial charge is 0.459 e. The Kier molecular flexibility index (Phi) is 9.80. The topological polar surface area (TPSA) is 65.0 Å². The molecule has 3 aliphatic heterocycles. The number of hydrogen-bond acceptors (Lipinski definition) is 5. The maximum Gasteiger partial charge on any atom is 0.330 e. The van der Waals surface area contributed by atoms with Crippen molar-refractivity contribution in [1.82, 2.24) is 0 Å². The third-order valence-electron chi connectivity index (χ3n) is 7.87. The lowest BCUT2D eigenvalue weighted by Crippen LogP contribution is -2.26. The van der Waals surface area contributed by atoms with Gasteiger partial charge in [-0.2, -0.15) is 0 Å². The van der Waals surface area contributed by atoms with Crippen molar-refractivity contribution in [2.45, 2.75) is 102 Å². The van der Waals surface area contributed by atoms with Crippen LogP contribution in [0.4, 0.5) is 0 Å². The predicted octanol–water partition coefficient (Wildman–Crippen LogP) is 6.00. The van der Waals surface area contributed by atoms with Crippen LogP contribution in [0.5, 0.6) is 0 Å². The van der Waals surface area contributed by atoms with Crippen molar-refractivity contribution >= 4 is 5.97 Å². The number of carbonyl (C=O) groups is 1. The summed E-state index contributed by atoms with van der Waals surface area (Å²) < 4.78 is 17.9. The molecule has 0 aromatic carbocycles. The molecule has 1 N–H and O–H groups in total. The highest BCUT2D eigenvalue weighted by Crippen LogP contribution is 2.47. The Labute approximate surface area is 217 Å². The van der Waals surface area contributed by atoms with E-state index in [2.05, 4.69) is 50.8 Å². The van der Waals surface area contributed by atoms with Crippen LogP contribution >= 0.6 is 0 Å². The van der Waals surface area contributed by atoms with Crippen LogP contribution in [0.2, 0.25) is 0 Å². The Morgan fingerprint density at radius 3 is 2.83 bits per heavy atom. The molecule has 3 heterocycles. The fourth-order valence-electron chi connectivity index (χ4n) is 5.90. The summed E-state index contributed by atoms with van der Waals surface area (Å²) in [6, 6.07) is 0. The Bertz CT molecular complexity index is 883. The molecule has 1 fully saturated rings. The molecule has 0 aromatic heterocycles. The summed E-state index contributed by atoms with van der Waals surface area (Å²) in [6.45, 7) is 9.30. The number of fused-ring (bicyclic) bond motifs is 3. The fourth-order valence-corrected chi connectivity index (χ4v) is 5.90. The lowest BCUT2D eigenvalue weighted by Gasteiger charge is -2.28. The molecule has 0 radical (unpaired) electrons. The number of rotatable bonds is 3. The van der Waals surface area contributed by atoms with Gasteiger partial charge in [0, 0.05) is 12.5 Å². The highest BCUT2D eigenvalue weighted by molar-refractivity contribution is 5.82. The van der Waals surface area contributed by atoms with Gasteiger partial charge in [-0.3, -0.25) is 0 Å². The van der Waals surface area contributed by atoms with Gasteiger partial charge >= 0.3 is 5.97 Å². The number of aliphatic hydroxyl groups excluding tert-OH is 1. The zero-order valence-corrected chi connectivity index (χ0v) is 22.0. The Morgan fingerprint density at radius 2 is 2.00 bits per heavy atom. The van der Waals surface area contributed by atoms with Crippen LogP contribution in [0.25, 0.3) is 0 Å². The minimum Gasteiger partial charge on any atom is -0.459 e. The molecule has 8 atom stereocenters. The van der Waals surface area contributed by atoms with E-state index < -0.39 is 0 Å². The van der Waals surface area contributed by atoms with E-state index in [1.54, 1.807) is 6.08 Å². The summed E-state index contributed by atoms with van der Waals surface area (Å²) in [5.41, 5.74) is 2.47. The zero-order valence-electron chi connectivity index (χ0n) is 22.0. The van der Waals surface area contributed by atoms with Gasteiger partial charge in [0.25, 0.3) is 0 Å². The van der Waals surface area contributed by atoms with Crippen LogP contribution in [0.3, 0.4) is 0 Å². The van der Waals surface area contributed by atoms with E-state index in [9.17, 15) is 9.90 Å². The molecule has 198 valence electrons. The molecule has 2 bridgehead atoms. The quantitative estimate of drug-likeness (QED) is 0.383. The van der Waals surface area contributed by atoms with Crippen molar-refractivity contribution < 1.29 is 24.1 Å². The summed E-state index contributed by atoms with van der Waals surface area (Å²) in [5, 5.41) is 10.9. The summed E-state index contributed by atoms with van der Waals surface area (Å²) in [5.74, 6) is 0.801. The molecule has 5 nitrogen and oxygen atoms in total. The number of cyclic esters (lactones) is 1. The minimum absolute atomic E-state index is 0.0112. The van der Waals surface area contributed by atoms with Crippen LogP contribution in [0, 0.1) is 17.8 Å². The van der Waals surface area contributed by atoms with Gasteiger partial charge in [0.15, 0.2) is 0 Å². The first-order valence-corrected chi connectivity index (χ1v) is 13.8. The minimum atomic E-state index is -0.371. The maximum absolute atomic E-state index is 12.7. The average Bonchev–Trinajstić information content (AvgIpc) is 3.58. The van der Waals surface area contributed by atoms with E-state index in [-0.39, 0.29) is 42.4 Å². The Hall–Kier alpha value is -1.95. The number of aliphatic hydroxyl groups is 1. The van der Waals surface area contributed by atoms with E-state index in [1.165, 1.54) is 5.57 Å². The number of ether oxygens (including phenoxy) is 3. The molecule has 4 aliphatic rings. The van der Waals surface area contributed by atoms with E-state index >= 15 is 0 Å². The molecular formula is C31H44O5. The van der Waals surface area contributed by atoms with Crippen LogP contribution in [0.1, 0.15) is 71.6 Å². The highest BCUT2D eigenvalue weighted by atomic mass is 16.5. The van der Waals surface area contributed by atoms with Gasteiger partial charge in [0.1, 0.15) is 6.10 Å². The summed E-state index contributed by atoms with van der Waals surface area (Å²) in [7, 11) is 0. The molecule has 0 spiro atoms. The van der Waals surface area contributed by atoms with Crippen molar-refractivity contribution in [3.63, 3.8) is 0 Å². The van der Waals surface area contributed by atoms with E-state index in [1.807, 2.05) is 6.08 Å². The lowest BCUT2D eigenvalue weighted by molar-refractivity contribution is -0.143. The normalized spacial score (nSPS) is 39.5. The first-order valence-electron chi connectivity index (χ1n) is 13.8. The van der Waals surface area contributed by atoms with Crippen molar-refractivity contribution in [2.75, 3.05) is 6.61 Å². The number of carbonyl (C=O) groups excluding carboxylic acids is 1. The standard InChI is InChI=1S/C31H44O5/c1-21-13-14-34-26(16-21)9-5-11-28-19-24-20-29(24)30(32)18-23(3)15-22(2)17-27-10-4-7-25(35-27)8-6-12-31(33)36-28/h4-7,9,12-13,22,24-30,32H,3,8,10-11,14-20H2,1-2H3/b9-5+,12-6-/t22-,24-,25-,26+,27-,28+,29+,30-/m0/s1. The van der Waals surface area contributed by atoms with E-state index in [4.69, 9.17) is 14.2 Å². The smallest absolute Gasteiger partial charge is 0.330 e. The van der Waals surface area contributed by atoms with E-state index in [0.717, 1.165) is 44.1 Å². The summed E-state index contributed by atoms with van der Waals surface area (Å²) in [4.78, 5) is 12.7. The van der Waals surface area contributed by atoms with Crippen LogP contribution in [-0.4, -0.2) is 48.2 Å². The molecule has 4 rings (SSSR count). The molecule has 0 aromatic rings. The Morgan fingerprint density at radius 1 is 1.14 bits per heavy atom. The molecule has 1 aliphatic carbocycles. The van der Waals surface area contributed by atoms with Crippen LogP contribution in [0.15, 0.2) is 60.3 Å². The molecule has 0 unspecified atom stereocenters. The second-order valence-electron chi connectivity index (χ2n) is 11.4. The molecule has 36 heavy (non-hydrogen) atoms. The average molecular weight is 497 g/mol. The van der Waals surface area contributed by atoms with Gasteiger partial charge in [-0.15, -0.1) is 0 Å². The van der Waals surface area contributed by atoms with Gasteiger partial charge in [-0.05, 0) is 76.0 Å². The number of hydrogen-bond donors (Lipinski definition) is 1. The summed E-state index contributed by atoms with van der Waals surface area (Å²) in [6.07, 6.45) is 21.1. The van der Waals surface area contributed by atoms with Crippen molar-refractivity contribution in [2.24, 2.45) is 17.8 Å². The SMILES string of the molecule is C=C1C[C@H](C)C[C@@H]2CC=C[C@@H](C/C=C\C(=O)O[C@H](C/C=C/[C@@H]3CC(C)=CCO3)C[C@H]3C[C@H]3[C@@H](O)C1)O2. The zero-order chi connectivity index (χ0) is 25.5. The fraction of sp³-hybridized carbons (Fsp3) is 0.645. The van der Waals surface area contributed by atoms with Crippen LogP contribution < -0.4 is 0 Å². The van der Waals surface area contributed by atoms with Gasteiger partial charge < -0.3 is 19.3 Å². The van der Waals surface area contributed by atoms with Crippen molar-refractivity contribution in [3.8, 4) is 0 Å². The van der Waals surface area contributed by atoms with Crippen molar-refractivity contribution in [3.05, 3.63) is 60.3 Å². The molecular weight excluding hydrogens is 452 g/mol. The van der Waals surface area contributed by atoms with E-state index in [0.29, 0.717) is 37.7 Å². The third kappa shape index (κ3) is 8.57. The Balaban J connectivity index is 1.40. The second-order valence-corrected chi connectivity index (χ2v) is 11.4. The first kappa shape index (κ1) is 27.1. The molecule has 0 amide bonds. The van der Waals surface area contributed by atoms with Gasteiger partial charge in [-0.25, -0.2) is 4.79 Å². The maximum atomic E-state index is 12.7. The van der Waals surface area contributed by atoms with Gasteiger partial charge in [0.2, 0.25) is 0 Å². The third-order valence-corrected chi connectivity index (χ3v) is 7.87. The van der Waals surface area contributed by atoms with Gasteiger partial charge in [-0.1, -0.05) is 61.1 Å². The molecule has 0 saturated heterocycles. The molecule has 5 heteroatoms. The van der Waals surface area contributed by atoms with Gasteiger partial charge in [0.05, 0.1) is 31.0 Å². The monoisotopic (exact) mass is 496 g/mol. The number of esters is 1. The predicted molar refractivity (Wildman–Crippen MR) is 142 cm³/mol. The van der Waals surface area contributed by atoms with Crippen molar-refractivity contribution in [1.29, 1.82) is 0 Å². The lowest BCUT2D eigenvalue weighted by atomic mass is 9.91. The molecule has 1 saturated carbocycles. The first-order chi connectivity index (χ1) is 17.4. The summed E-state index contributed by atoms with van der Waals surface area (Å²) >= 11 is 0. The second kappa shape index (κ2) is 13.0. The van der Waals surface area contributed by atoms with Crippen LogP contribution in [-0.2, 0) is 19.0 Å². The highest BCUT2D eigenvalue weighted by Gasteiger charge is 2.43.